The first-order valence-electron chi connectivity index (χ1n) is 6.33. The zero-order valence-corrected chi connectivity index (χ0v) is 12.8. The fourth-order valence-electron chi connectivity index (χ4n) is 2.37. The van der Waals surface area contributed by atoms with Crippen LogP contribution < -0.4 is 0 Å². The van der Waals surface area contributed by atoms with Crippen LogP contribution in [0.25, 0.3) is 10.2 Å². The second-order valence-corrected chi connectivity index (χ2v) is 6.49. The van der Waals surface area contributed by atoms with Crippen LogP contribution in [0, 0.1) is 6.92 Å². The van der Waals surface area contributed by atoms with Crippen molar-refractivity contribution in [2.45, 2.75) is 19.4 Å². The molecule has 4 heteroatoms. The van der Waals surface area contributed by atoms with Crippen LogP contribution in [-0.2, 0) is 5.60 Å². The fourth-order valence-corrected chi connectivity index (χ4v) is 3.62. The molecule has 1 heterocycles. The Bertz CT molecular complexity index is 746. The van der Waals surface area contributed by atoms with Crippen LogP contribution in [0.5, 0.6) is 0 Å². The number of thiazole rings is 1. The molecule has 0 saturated carbocycles. The van der Waals surface area contributed by atoms with Gasteiger partial charge in [-0.25, -0.2) is 4.98 Å². The van der Waals surface area contributed by atoms with Crippen molar-refractivity contribution in [3.8, 4) is 0 Å². The number of aryl methyl sites for hydroxylation is 1. The first-order valence-corrected chi connectivity index (χ1v) is 7.53. The van der Waals surface area contributed by atoms with E-state index in [1.54, 1.807) is 13.0 Å². The summed E-state index contributed by atoms with van der Waals surface area (Å²) in [6.45, 7) is 3.73. The van der Waals surface area contributed by atoms with E-state index in [1.165, 1.54) is 11.3 Å². The zero-order chi connectivity index (χ0) is 14.3. The molecule has 1 N–H and O–H groups in total. The smallest absolute Gasteiger partial charge is 0.138 e. The van der Waals surface area contributed by atoms with Crippen molar-refractivity contribution in [3.63, 3.8) is 0 Å². The predicted molar refractivity (Wildman–Crippen MR) is 84.5 cm³/mol. The topological polar surface area (TPSA) is 33.1 Å². The summed E-state index contributed by atoms with van der Waals surface area (Å²) in [4.78, 5) is 4.56. The van der Waals surface area contributed by atoms with Gasteiger partial charge in [-0.3, -0.25) is 0 Å². The van der Waals surface area contributed by atoms with Crippen LogP contribution in [0.15, 0.2) is 42.5 Å². The van der Waals surface area contributed by atoms with E-state index in [1.807, 2.05) is 43.3 Å². The Kier molecular flexibility index (Phi) is 3.28. The molecule has 0 spiro atoms. The zero-order valence-electron chi connectivity index (χ0n) is 11.2. The van der Waals surface area contributed by atoms with Crippen molar-refractivity contribution in [2.75, 3.05) is 0 Å². The minimum absolute atomic E-state index is 0.673. The molecule has 0 aliphatic rings. The average Bonchev–Trinajstić information content (AvgIpc) is 2.82. The predicted octanol–water partition coefficient (Wildman–Crippen LogP) is 4.51. The van der Waals surface area contributed by atoms with E-state index in [0.29, 0.717) is 10.0 Å². The molecule has 1 unspecified atom stereocenters. The second kappa shape index (κ2) is 4.85. The Labute approximate surface area is 126 Å². The number of aromatic nitrogens is 1. The lowest BCUT2D eigenvalue weighted by Crippen LogP contribution is -2.23. The summed E-state index contributed by atoms with van der Waals surface area (Å²) in [6.07, 6.45) is 0. The molecule has 0 amide bonds. The maximum atomic E-state index is 10.9. The minimum atomic E-state index is -1.11. The average molecular weight is 304 g/mol. The van der Waals surface area contributed by atoms with E-state index in [9.17, 15) is 5.11 Å². The first kappa shape index (κ1) is 13.6. The summed E-state index contributed by atoms with van der Waals surface area (Å²) in [5, 5.41) is 12.3. The summed E-state index contributed by atoms with van der Waals surface area (Å²) in [5.41, 5.74) is 1.60. The largest absolute Gasteiger partial charge is 0.378 e. The Morgan fingerprint density at radius 3 is 2.65 bits per heavy atom. The van der Waals surface area contributed by atoms with E-state index < -0.39 is 5.60 Å². The molecule has 0 saturated heterocycles. The highest BCUT2D eigenvalue weighted by Crippen LogP contribution is 2.36. The third-order valence-electron chi connectivity index (χ3n) is 3.42. The summed E-state index contributed by atoms with van der Waals surface area (Å²) in [7, 11) is 0. The molecule has 2 aromatic carbocycles. The van der Waals surface area contributed by atoms with E-state index in [0.717, 1.165) is 21.3 Å². The molecule has 0 aliphatic heterocycles. The Hall–Kier alpha value is -1.42. The van der Waals surface area contributed by atoms with Crippen LogP contribution in [0.2, 0.25) is 5.02 Å². The van der Waals surface area contributed by atoms with Crippen LogP contribution in [0.3, 0.4) is 0 Å². The van der Waals surface area contributed by atoms with E-state index in [2.05, 4.69) is 4.98 Å². The van der Waals surface area contributed by atoms with Gasteiger partial charge in [0.05, 0.1) is 10.2 Å². The number of rotatable bonds is 2. The number of aliphatic hydroxyl groups is 1. The van der Waals surface area contributed by atoms with Gasteiger partial charge in [0.1, 0.15) is 10.6 Å². The van der Waals surface area contributed by atoms with Gasteiger partial charge in [-0.15, -0.1) is 11.3 Å². The van der Waals surface area contributed by atoms with Gasteiger partial charge in [-0.05, 0) is 49.2 Å². The molecule has 102 valence electrons. The first-order chi connectivity index (χ1) is 9.48. The van der Waals surface area contributed by atoms with Crippen LogP contribution >= 0.6 is 22.9 Å². The SMILES string of the molecule is Cc1cc(Cl)ccc1C(C)(O)c1nc2ccccc2s1. The number of nitrogens with zero attached hydrogens (tertiary/aromatic N) is 1. The van der Waals surface area contributed by atoms with Crippen molar-refractivity contribution in [1.29, 1.82) is 0 Å². The molecule has 20 heavy (non-hydrogen) atoms. The lowest BCUT2D eigenvalue weighted by Gasteiger charge is -2.23. The number of hydrogen-bond donors (Lipinski definition) is 1. The quantitative estimate of drug-likeness (QED) is 0.755. The van der Waals surface area contributed by atoms with Gasteiger partial charge in [-0.1, -0.05) is 29.8 Å². The van der Waals surface area contributed by atoms with Gasteiger partial charge < -0.3 is 5.11 Å². The van der Waals surface area contributed by atoms with E-state index >= 15 is 0 Å². The van der Waals surface area contributed by atoms with Crippen molar-refractivity contribution >= 4 is 33.2 Å². The molecule has 0 aliphatic carbocycles. The number of halogens is 1. The maximum absolute atomic E-state index is 10.9. The molecular weight excluding hydrogens is 290 g/mol. The summed E-state index contributed by atoms with van der Waals surface area (Å²) in [5.74, 6) is 0. The van der Waals surface area contributed by atoms with Gasteiger partial charge in [0, 0.05) is 5.02 Å². The van der Waals surface area contributed by atoms with E-state index in [4.69, 9.17) is 11.6 Å². The van der Waals surface area contributed by atoms with Crippen LogP contribution in [-0.4, -0.2) is 10.1 Å². The summed E-state index contributed by atoms with van der Waals surface area (Å²) < 4.78 is 1.08. The monoisotopic (exact) mass is 303 g/mol. The van der Waals surface area contributed by atoms with Gasteiger partial charge in [0.25, 0.3) is 0 Å². The second-order valence-electron chi connectivity index (χ2n) is 5.02. The third-order valence-corrected chi connectivity index (χ3v) is 4.91. The third kappa shape index (κ3) is 2.22. The van der Waals surface area contributed by atoms with Crippen molar-refractivity contribution in [1.82, 2.24) is 4.98 Å². The molecule has 3 aromatic rings. The highest BCUT2D eigenvalue weighted by atomic mass is 35.5. The van der Waals surface area contributed by atoms with E-state index in [-0.39, 0.29) is 0 Å². The molecule has 1 atom stereocenters. The molecule has 1 aromatic heterocycles. The number of hydrogen-bond acceptors (Lipinski definition) is 3. The van der Waals surface area contributed by atoms with Crippen molar-refractivity contribution in [2.24, 2.45) is 0 Å². The molecular formula is C16H14ClNOS. The number of fused-ring (bicyclic) bond motifs is 1. The van der Waals surface area contributed by atoms with Gasteiger partial charge in [0.2, 0.25) is 0 Å². The molecule has 0 fully saturated rings. The standard InChI is InChI=1S/C16H14ClNOS/c1-10-9-11(17)7-8-12(10)16(2,19)15-18-13-5-3-4-6-14(13)20-15/h3-9,19H,1-2H3. The highest BCUT2D eigenvalue weighted by Gasteiger charge is 2.31. The van der Waals surface area contributed by atoms with Crippen molar-refractivity contribution < 1.29 is 5.11 Å². The number of para-hydroxylation sites is 1. The Balaban J connectivity index is 2.14. The molecule has 0 bridgehead atoms. The van der Waals surface area contributed by atoms with Gasteiger partial charge >= 0.3 is 0 Å². The maximum Gasteiger partial charge on any atom is 0.138 e. The Morgan fingerprint density at radius 1 is 1.20 bits per heavy atom. The van der Waals surface area contributed by atoms with Crippen LogP contribution in [0.1, 0.15) is 23.1 Å². The van der Waals surface area contributed by atoms with Crippen LogP contribution in [0.4, 0.5) is 0 Å². The molecule has 0 radical (unpaired) electrons. The van der Waals surface area contributed by atoms with Gasteiger partial charge in [-0.2, -0.15) is 0 Å². The summed E-state index contributed by atoms with van der Waals surface area (Å²) >= 11 is 7.50. The molecule has 3 rings (SSSR count). The minimum Gasteiger partial charge on any atom is -0.378 e. The van der Waals surface area contributed by atoms with Gasteiger partial charge in [0.15, 0.2) is 0 Å². The lowest BCUT2D eigenvalue weighted by molar-refractivity contribution is 0.101. The van der Waals surface area contributed by atoms with Crippen molar-refractivity contribution in [3.05, 3.63) is 63.6 Å². The normalized spacial score (nSPS) is 14.4. The Morgan fingerprint density at radius 2 is 1.95 bits per heavy atom. The lowest BCUT2D eigenvalue weighted by atomic mass is 9.92. The number of benzene rings is 2. The highest BCUT2D eigenvalue weighted by molar-refractivity contribution is 7.18. The summed E-state index contributed by atoms with van der Waals surface area (Å²) in [6, 6.07) is 13.4. The fraction of sp³-hybridized carbons (Fsp3) is 0.188. The molecule has 2 nitrogen and oxygen atoms in total.